The van der Waals surface area contributed by atoms with Crippen molar-refractivity contribution in [3.05, 3.63) is 70.7 Å². The Bertz CT molecular complexity index is 682. The van der Waals surface area contributed by atoms with Gasteiger partial charge in [-0.2, -0.15) is 5.10 Å². The number of halogens is 1. The Labute approximate surface area is 128 Å². The molecule has 0 fully saturated rings. The van der Waals surface area contributed by atoms with Gasteiger partial charge >= 0.3 is 0 Å². The zero-order chi connectivity index (χ0) is 14.7. The maximum Gasteiger partial charge on any atom is 0.275 e. The third-order valence-electron chi connectivity index (χ3n) is 3.47. The number of hydrogen-bond donors (Lipinski definition) is 0. The summed E-state index contributed by atoms with van der Waals surface area (Å²) in [5, 5.41) is 6.49. The molecule has 1 amide bonds. The first-order chi connectivity index (χ1) is 10.3. The summed E-state index contributed by atoms with van der Waals surface area (Å²) in [5.74, 6) is -0.145. The van der Waals surface area contributed by atoms with Crippen molar-refractivity contribution in [3.63, 3.8) is 0 Å². The van der Waals surface area contributed by atoms with Gasteiger partial charge in [0.05, 0.1) is 16.3 Å². The van der Waals surface area contributed by atoms with Gasteiger partial charge in [-0.25, -0.2) is 5.01 Å². The van der Waals surface area contributed by atoms with E-state index in [2.05, 4.69) is 5.10 Å². The quantitative estimate of drug-likeness (QED) is 0.825. The van der Waals surface area contributed by atoms with Crippen molar-refractivity contribution >= 4 is 23.2 Å². The minimum Gasteiger partial charge on any atom is -0.267 e. The molecule has 0 saturated heterocycles. The van der Waals surface area contributed by atoms with E-state index in [1.165, 1.54) is 5.01 Å². The molecule has 3 rings (SSSR count). The number of rotatable bonds is 2. The van der Waals surface area contributed by atoms with Crippen molar-refractivity contribution in [2.75, 3.05) is 6.54 Å². The molecule has 1 aliphatic rings. The average molecular weight is 299 g/mol. The normalized spacial score (nSPS) is 14.7. The van der Waals surface area contributed by atoms with Gasteiger partial charge in [-0.05, 0) is 30.5 Å². The van der Waals surface area contributed by atoms with Gasteiger partial charge in [0.2, 0.25) is 0 Å². The summed E-state index contributed by atoms with van der Waals surface area (Å²) in [6, 6.07) is 17.0. The summed E-state index contributed by atoms with van der Waals surface area (Å²) in [6.07, 6.45) is 1.79. The minimum atomic E-state index is -0.145. The SMILES string of the molecule is O=C(c1ccccc1Cl)N1CCCC(c2ccccc2)=N1. The summed E-state index contributed by atoms with van der Waals surface area (Å²) in [6.45, 7) is 0.625. The second-order valence-electron chi connectivity index (χ2n) is 4.92. The van der Waals surface area contributed by atoms with Crippen LogP contribution >= 0.6 is 11.6 Å². The lowest BCUT2D eigenvalue weighted by Gasteiger charge is -2.24. The molecule has 0 radical (unpaired) electrons. The summed E-state index contributed by atoms with van der Waals surface area (Å²) in [7, 11) is 0. The molecular weight excluding hydrogens is 284 g/mol. The number of benzene rings is 2. The molecule has 21 heavy (non-hydrogen) atoms. The molecule has 0 bridgehead atoms. The standard InChI is InChI=1S/C17H15ClN2O/c18-15-10-5-4-9-14(15)17(21)20-12-6-11-16(19-20)13-7-2-1-3-8-13/h1-5,7-10H,6,11-12H2. The van der Waals surface area contributed by atoms with Gasteiger partial charge in [0.15, 0.2) is 0 Å². The van der Waals surface area contributed by atoms with Crippen molar-refractivity contribution in [1.29, 1.82) is 0 Å². The first kappa shape index (κ1) is 13.8. The van der Waals surface area contributed by atoms with E-state index >= 15 is 0 Å². The summed E-state index contributed by atoms with van der Waals surface area (Å²) < 4.78 is 0. The number of amides is 1. The Kier molecular flexibility index (Phi) is 4.02. The highest BCUT2D eigenvalue weighted by molar-refractivity contribution is 6.33. The van der Waals surface area contributed by atoms with Crippen LogP contribution in [0.5, 0.6) is 0 Å². The van der Waals surface area contributed by atoms with E-state index < -0.39 is 0 Å². The van der Waals surface area contributed by atoms with Crippen molar-refractivity contribution in [2.24, 2.45) is 5.10 Å². The lowest BCUT2D eigenvalue weighted by atomic mass is 10.0. The molecule has 2 aromatic carbocycles. The van der Waals surface area contributed by atoms with E-state index in [0.29, 0.717) is 17.1 Å². The maximum atomic E-state index is 12.5. The second kappa shape index (κ2) is 6.10. The highest BCUT2D eigenvalue weighted by Crippen LogP contribution is 2.20. The van der Waals surface area contributed by atoms with Gasteiger partial charge in [0.1, 0.15) is 0 Å². The molecule has 0 saturated carbocycles. The van der Waals surface area contributed by atoms with Crippen LogP contribution in [0.4, 0.5) is 0 Å². The zero-order valence-corrected chi connectivity index (χ0v) is 12.3. The van der Waals surface area contributed by atoms with Crippen LogP contribution < -0.4 is 0 Å². The predicted octanol–water partition coefficient (Wildman–Crippen LogP) is 3.98. The fourth-order valence-electron chi connectivity index (χ4n) is 2.40. The van der Waals surface area contributed by atoms with E-state index in [4.69, 9.17) is 11.6 Å². The zero-order valence-electron chi connectivity index (χ0n) is 11.5. The van der Waals surface area contributed by atoms with Crippen LogP contribution in [0, 0.1) is 0 Å². The Morgan fingerprint density at radius 2 is 1.76 bits per heavy atom. The number of hydrogen-bond acceptors (Lipinski definition) is 2. The van der Waals surface area contributed by atoms with Crippen LogP contribution in [0.15, 0.2) is 59.7 Å². The molecule has 4 heteroatoms. The first-order valence-electron chi connectivity index (χ1n) is 6.95. The van der Waals surface area contributed by atoms with E-state index in [9.17, 15) is 4.79 Å². The summed E-state index contributed by atoms with van der Waals surface area (Å²) >= 11 is 6.10. The van der Waals surface area contributed by atoms with Crippen LogP contribution in [0.3, 0.4) is 0 Å². The molecule has 106 valence electrons. The summed E-state index contributed by atoms with van der Waals surface area (Å²) in [5.41, 5.74) is 2.51. The van der Waals surface area contributed by atoms with Crippen LogP contribution in [0.25, 0.3) is 0 Å². The lowest BCUT2D eigenvalue weighted by Crippen LogP contribution is -2.32. The Balaban J connectivity index is 1.89. The third kappa shape index (κ3) is 2.98. The van der Waals surface area contributed by atoms with E-state index in [1.807, 2.05) is 42.5 Å². The Morgan fingerprint density at radius 1 is 1.05 bits per heavy atom. The van der Waals surface area contributed by atoms with E-state index in [0.717, 1.165) is 24.1 Å². The van der Waals surface area contributed by atoms with E-state index in [-0.39, 0.29) is 5.91 Å². The molecule has 1 aliphatic heterocycles. The van der Waals surface area contributed by atoms with Gasteiger partial charge in [-0.15, -0.1) is 0 Å². The number of carbonyl (C=O) groups excluding carboxylic acids is 1. The molecule has 0 N–H and O–H groups in total. The average Bonchev–Trinajstić information content (AvgIpc) is 2.56. The molecule has 0 aliphatic carbocycles. The van der Waals surface area contributed by atoms with Crippen molar-refractivity contribution < 1.29 is 4.79 Å². The van der Waals surface area contributed by atoms with Crippen molar-refractivity contribution in [3.8, 4) is 0 Å². The third-order valence-corrected chi connectivity index (χ3v) is 3.80. The molecule has 3 nitrogen and oxygen atoms in total. The maximum absolute atomic E-state index is 12.5. The lowest BCUT2D eigenvalue weighted by molar-refractivity contribution is 0.0752. The number of hydrazone groups is 1. The molecule has 0 atom stereocenters. The largest absolute Gasteiger partial charge is 0.275 e. The van der Waals surface area contributed by atoms with Gasteiger partial charge in [-0.1, -0.05) is 54.1 Å². The van der Waals surface area contributed by atoms with Gasteiger partial charge in [0, 0.05) is 6.54 Å². The first-order valence-corrected chi connectivity index (χ1v) is 7.33. The molecule has 0 aromatic heterocycles. The van der Waals surface area contributed by atoms with E-state index in [1.54, 1.807) is 12.1 Å². The number of nitrogens with zero attached hydrogens (tertiary/aromatic N) is 2. The minimum absolute atomic E-state index is 0.145. The van der Waals surface area contributed by atoms with Crippen molar-refractivity contribution in [2.45, 2.75) is 12.8 Å². The molecule has 1 heterocycles. The molecule has 2 aromatic rings. The second-order valence-corrected chi connectivity index (χ2v) is 5.33. The molecule has 0 spiro atoms. The predicted molar refractivity (Wildman–Crippen MR) is 84.7 cm³/mol. The van der Waals surface area contributed by atoms with Crippen molar-refractivity contribution in [1.82, 2.24) is 5.01 Å². The Hall–Kier alpha value is -2.13. The number of carbonyl (C=O) groups is 1. The van der Waals surface area contributed by atoms with Gasteiger partial charge in [0.25, 0.3) is 5.91 Å². The Morgan fingerprint density at radius 3 is 2.52 bits per heavy atom. The summed E-state index contributed by atoms with van der Waals surface area (Å²) in [4.78, 5) is 12.5. The van der Waals surface area contributed by atoms with Crippen LogP contribution in [-0.2, 0) is 0 Å². The molecule has 0 unspecified atom stereocenters. The fraction of sp³-hybridized carbons (Fsp3) is 0.176. The van der Waals surface area contributed by atoms with Crippen LogP contribution in [0.2, 0.25) is 5.02 Å². The van der Waals surface area contributed by atoms with Gasteiger partial charge in [-0.3, -0.25) is 4.79 Å². The highest BCUT2D eigenvalue weighted by atomic mass is 35.5. The topological polar surface area (TPSA) is 32.7 Å². The molecular formula is C17H15ClN2O. The van der Waals surface area contributed by atoms with Crippen LogP contribution in [-0.4, -0.2) is 23.2 Å². The highest BCUT2D eigenvalue weighted by Gasteiger charge is 2.21. The van der Waals surface area contributed by atoms with Gasteiger partial charge < -0.3 is 0 Å². The fourth-order valence-corrected chi connectivity index (χ4v) is 2.61. The monoisotopic (exact) mass is 298 g/mol. The smallest absolute Gasteiger partial charge is 0.267 e. The van der Waals surface area contributed by atoms with Crippen LogP contribution in [0.1, 0.15) is 28.8 Å².